The van der Waals surface area contributed by atoms with E-state index in [-0.39, 0.29) is 12.5 Å². The number of aliphatic carboxylic acids is 1. The monoisotopic (exact) mass is 334 g/mol. The van der Waals surface area contributed by atoms with Gasteiger partial charge in [0.1, 0.15) is 6.04 Å². The lowest BCUT2D eigenvalue weighted by molar-refractivity contribution is -0.143. The maximum atomic E-state index is 12.2. The first-order valence-corrected chi connectivity index (χ1v) is 8.66. The number of nitrogens with zero attached hydrogens (tertiary/aromatic N) is 1. The SMILES string of the molecule is [2H]OC(=O)N(C1CCC(C(C)C)CC1)[C@@H](Cc1ccccc1)C(=O)O. The zero-order valence-electron chi connectivity index (χ0n) is 15.4. The lowest BCUT2D eigenvalue weighted by Gasteiger charge is -2.39. The van der Waals surface area contributed by atoms with Crippen LogP contribution in [0.25, 0.3) is 1.43 Å². The van der Waals surface area contributed by atoms with E-state index in [1.165, 1.54) is 4.90 Å². The van der Waals surface area contributed by atoms with Gasteiger partial charge in [-0.2, -0.15) is 0 Å². The fourth-order valence-corrected chi connectivity index (χ4v) is 3.72. The first-order valence-electron chi connectivity index (χ1n) is 9.07. The number of carbonyl (C=O) groups is 2. The van der Waals surface area contributed by atoms with E-state index in [1.54, 1.807) is 0 Å². The molecule has 1 aliphatic carbocycles. The molecule has 0 unspecified atom stereocenters. The predicted octanol–water partition coefficient (Wildman–Crippen LogP) is 3.88. The van der Waals surface area contributed by atoms with E-state index in [1.807, 2.05) is 30.3 Å². The predicted molar refractivity (Wildman–Crippen MR) is 92.0 cm³/mol. The average molecular weight is 334 g/mol. The maximum absolute atomic E-state index is 12.2. The van der Waals surface area contributed by atoms with Gasteiger partial charge in [-0.3, -0.25) is 4.90 Å². The Morgan fingerprint density at radius 1 is 1.21 bits per heavy atom. The summed E-state index contributed by atoms with van der Waals surface area (Å²) in [5, 5.41) is 13.9. The van der Waals surface area contributed by atoms with Crippen molar-refractivity contribution in [2.75, 3.05) is 0 Å². The van der Waals surface area contributed by atoms with Gasteiger partial charge in [0.25, 0.3) is 1.43 Å². The second-order valence-electron chi connectivity index (χ2n) is 7.03. The molecule has 0 bridgehead atoms. The summed E-state index contributed by atoms with van der Waals surface area (Å²) in [6, 6.07) is 8.01. The molecule has 1 amide bonds. The Labute approximate surface area is 144 Å². The van der Waals surface area contributed by atoms with Gasteiger partial charge in [-0.15, -0.1) is 0 Å². The highest BCUT2D eigenvalue weighted by molar-refractivity contribution is 5.80. The van der Waals surface area contributed by atoms with Crippen LogP contribution in [-0.2, 0) is 11.2 Å². The molecule has 2 rings (SSSR count). The minimum atomic E-state index is -1.07. The van der Waals surface area contributed by atoms with Gasteiger partial charge in [0.15, 0.2) is 0 Å². The van der Waals surface area contributed by atoms with Crippen LogP contribution in [0.2, 0.25) is 0 Å². The number of rotatable bonds is 6. The van der Waals surface area contributed by atoms with Crippen LogP contribution in [0.3, 0.4) is 0 Å². The van der Waals surface area contributed by atoms with Crippen LogP contribution in [0.15, 0.2) is 30.3 Å². The normalized spacial score (nSPS) is 22.5. The topological polar surface area (TPSA) is 77.8 Å². The van der Waals surface area contributed by atoms with Crippen LogP contribution in [0, 0.1) is 11.8 Å². The summed E-state index contributed by atoms with van der Waals surface area (Å²) in [6.07, 6.45) is 2.74. The largest absolute Gasteiger partial charge is 0.480 e. The molecule has 2 N–H and O–H groups in total. The third kappa shape index (κ3) is 4.49. The molecule has 1 aliphatic rings. The molecular weight excluding hydrogens is 306 g/mol. The molecule has 0 saturated heterocycles. The van der Waals surface area contributed by atoms with E-state index in [2.05, 4.69) is 19.0 Å². The summed E-state index contributed by atoms with van der Waals surface area (Å²) < 4.78 is 7.00. The van der Waals surface area contributed by atoms with Crippen LogP contribution >= 0.6 is 0 Å². The van der Waals surface area contributed by atoms with Crippen LogP contribution in [0.1, 0.15) is 45.1 Å². The number of benzene rings is 1. The molecule has 0 aliphatic heterocycles. The Kier molecular flexibility index (Phi) is 5.72. The summed E-state index contributed by atoms with van der Waals surface area (Å²) in [7, 11) is 0. The first kappa shape index (κ1) is 16.8. The van der Waals surface area contributed by atoms with Crippen LogP contribution in [0.4, 0.5) is 4.79 Å². The van der Waals surface area contributed by atoms with Crippen molar-refractivity contribution in [3.05, 3.63) is 35.9 Å². The minimum absolute atomic E-state index is 0.197. The lowest BCUT2D eigenvalue weighted by Crippen LogP contribution is -2.52. The van der Waals surface area contributed by atoms with Gasteiger partial charge >= 0.3 is 12.1 Å². The van der Waals surface area contributed by atoms with E-state index >= 15 is 0 Å². The third-order valence-corrected chi connectivity index (χ3v) is 5.18. The van der Waals surface area contributed by atoms with Crippen molar-refractivity contribution in [1.82, 2.24) is 4.90 Å². The highest BCUT2D eigenvalue weighted by Crippen LogP contribution is 2.33. The number of carboxylic acids is 1. The van der Waals surface area contributed by atoms with E-state index in [4.69, 9.17) is 1.43 Å². The van der Waals surface area contributed by atoms with Crippen molar-refractivity contribution in [2.24, 2.45) is 11.8 Å². The quantitative estimate of drug-likeness (QED) is 0.827. The molecule has 1 fully saturated rings. The molecule has 1 saturated carbocycles. The van der Waals surface area contributed by atoms with Crippen molar-refractivity contribution >= 4 is 12.1 Å². The van der Waals surface area contributed by atoms with E-state index in [9.17, 15) is 14.7 Å². The smallest absolute Gasteiger partial charge is 0.408 e. The number of hydrogen-bond donors (Lipinski definition) is 2. The highest BCUT2D eigenvalue weighted by Gasteiger charge is 2.37. The molecule has 132 valence electrons. The summed E-state index contributed by atoms with van der Waals surface area (Å²) in [6.45, 7) is 4.38. The fourth-order valence-electron chi connectivity index (χ4n) is 3.72. The van der Waals surface area contributed by atoms with Gasteiger partial charge in [-0.1, -0.05) is 44.2 Å². The summed E-state index contributed by atoms with van der Waals surface area (Å²) in [5.74, 6) is 0.111. The molecule has 0 aromatic heterocycles. The molecule has 5 heteroatoms. The second-order valence-corrected chi connectivity index (χ2v) is 7.03. The van der Waals surface area contributed by atoms with Crippen LogP contribution in [-0.4, -0.2) is 39.3 Å². The Balaban J connectivity index is 2.19. The summed E-state index contributed by atoms with van der Waals surface area (Å²) in [4.78, 5) is 25.4. The van der Waals surface area contributed by atoms with Crippen molar-refractivity contribution in [3.8, 4) is 0 Å². The van der Waals surface area contributed by atoms with Gasteiger partial charge in [0, 0.05) is 12.5 Å². The molecule has 0 radical (unpaired) electrons. The van der Waals surface area contributed by atoms with Gasteiger partial charge < -0.3 is 10.2 Å². The molecule has 1 aromatic carbocycles. The van der Waals surface area contributed by atoms with Gasteiger partial charge in [0.2, 0.25) is 0 Å². The average Bonchev–Trinajstić information content (AvgIpc) is 2.62. The van der Waals surface area contributed by atoms with Gasteiger partial charge in [-0.25, -0.2) is 9.59 Å². The lowest BCUT2D eigenvalue weighted by atomic mass is 9.79. The second kappa shape index (κ2) is 8.18. The Morgan fingerprint density at radius 2 is 1.83 bits per heavy atom. The molecule has 24 heavy (non-hydrogen) atoms. The van der Waals surface area contributed by atoms with Crippen molar-refractivity contribution in [2.45, 2.75) is 58.0 Å². The first-order chi connectivity index (χ1) is 11.9. The van der Waals surface area contributed by atoms with E-state index in [0.717, 1.165) is 31.2 Å². The van der Waals surface area contributed by atoms with Crippen molar-refractivity contribution < 1.29 is 19.8 Å². The zero-order valence-corrected chi connectivity index (χ0v) is 14.4. The molecule has 0 spiro atoms. The Bertz CT molecular complexity index is 570. The van der Waals surface area contributed by atoms with E-state index in [0.29, 0.717) is 11.8 Å². The molecule has 0 heterocycles. The highest BCUT2D eigenvalue weighted by atomic mass is 16.4. The van der Waals surface area contributed by atoms with Crippen molar-refractivity contribution in [1.29, 1.82) is 1.43 Å². The minimum Gasteiger partial charge on any atom is -0.480 e. The molecular formula is C19H27NO4. The zero-order chi connectivity index (χ0) is 18.4. The number of carboxylic acid groups (broad SMARTS) is 2. The Morgan fingerprint density at radius 3 is 2.33 bits per heavy atom. The van der Waals surface area contributed by atoms with Crippen LogP contribution < -0.4 is 0 Å². The maximum Gasteiger partial charge on any atom is 0.408 e. The summed E-state index contributed by atoms with van der Waals surface area (Å²) >= 11 is 0. The van der Waals surface area contributed by atoms with E-state index < -0.39 is 18.1 Å². The molecule has 5 nitrogen and oxygen atoms in total. The van der Waals surface area contributed by atoms with Gasteiger partial charge in [0.05, 0.1) is 0 Å². The van der Waals surface area contributed by atoms with Crippen molar-refractivity contribution in [3.63, 3.8) is 0 Å². The standard InChI is InChI=1S/C19H27NO4/c1-13(2)15-8-10-16(11-9-15)20(19(23)24)17(18(21)22)12-14-6-4-3-5-7-14/h3-7,13,15-17H,8-12H2,1-2H3,(H,21,22)(H,23,24)/t15?,16?,17-/m0/s1/i/hD. The Hall–Kier alpha value is -2.04. The number of amides is 1. The number of hydrogen-bond acceptors (Lipinski definition) is 3. The fraction of sp³-hybridized carbons (Fsp3) is 0.579. The molecule has 1 atom stereocenters. The van der Waals surface area contributed by atoms with Gasteiger partial charge in [-0.05, 0) is 43.1 Å². The summed E-state index contributed by atoms with van der Waals surface area (Å²) in [5.41, 5.74) is 0.841. The van der Waals surface area contributed by atoms with Crippen LogP contribution in [0.5, 0.6) is 0 Å². The molecule has 1 aromatic rings. The third-order valence-electron chi connectivity index (χ3n) is 5.18.